The number of methoxy groups -OCH3 is 2. The van der Waals surface area contributed by atoms with Crippen molar-refractivity contribution < 1.29 is 14.6 Å². The first-order valence-corrected chi connectivity index (χ1v) is 6.27. The Morgan fingerprint density at radius 1 is 1.28 bits per heavy atom. The number of rotatable bonds is 7. The van der Waals surface area contributed by atoms with Gasteiger partial charge in [0.2, 0.25) is 0 Å². The van der Waals surface area contributed by atoms with E-state index in [1.54, 1.807) is 14.2 Å². The highest BCUT2D eigenvalue weighted by Gasteiger charge is 2.12. The predicted molar refractivity (Wildman–Crippen MR) is 72.6 cm³/mol. The number of hydrogen-bond acceptors (Lipinski definition) is 4. The maximum Gasteiger partial charge on any atom is 0.179 e. The molecule has 0 aliphatic carbocycles. The standard InChI is InChI=1S/C13H20ClNO3/c1-4-15(5-6-16)9-10-7-11(14)13(18-3)12(8-10)17-2/h7-8,16H,4-6,9H2,1-3H3. The monoisotopic (exact) mass is 273 g/mol. The number of ether oxygens (including phenoxy) is 2. The third-order valence-corrected chi connectivity index (χ3v) is 3.04. The van der Waals surface area contributed by atoms with Crippen molar-refractivity contribution in [1.82, 2.24) is 4.90 Å². The van der Waals surface area contributed by atoms with E-state index in [0.29, 0.717) is 23.1 Å². The number of hydrogen-bond donors (Lipinski definition) is 1. The summed E-state index contributed by atoms with van der Waals surface area (Å²) < 4.78 is 10.4. The van der Waals surface area contributed by atoms with Crippen LogP contribution in [-0.4, -0.2) is 43.9 Å². The maximum absolute atomic E-state index is 8.97. The van der Waals surface area contributed by atoms with Gasteiger partial charge in [-0.2, -0.15) is 0 Å². The van der Waals surface area contributed by atoms with Crippen LogP contribution in [-0.2, 0) is 6.54 Å². The van der Waals surface area contributed by atoms with Crippen LogP contribution in [0.25, 0.3) is 0 Å². The average Bonchev–Trinajstić information content (AvgIpc) is 2.37. The van der Waals surface area contributed by atoms with Crippen LogP contribution in [0.15, 0.2) is 12.1 Å². The van der Waals surface area contributed by atoms with Crippen molar-refractivity contribution in [1.29, 1.82) is 0 Å². The summed E-state index contributed by atoms with van der Waals surface area (Å²) in [7, 11) is 3.15. The molecule has 4 nitrogen and oxygen atoms in total. The lowest BCUT2D eigenvalue weighted by molar-refractivity contribution is 0.196. The van der Waals surface area contributed by atoms with Crippen molar-refractivity contribution in [3.63, 3.8) is 0 Å². The normalized spacial score (nSPS) is 10.8. The molecule has 0 saturated heterocycles. The Morgan fingerprint density at radius 2 is 2.00 bits per heavy atom. The van der Waals surface area contributed by atoms with E-state index >= 15 is 0 Å². The first-order chi connectivity index (χ1) is 8.65. The summed E-state index contributed by atoms with van der Waals surface area (Å²) in [6.07, 6.45) is 0. The van der Waals surface area contributed by atoms with Gasteiger partial charge in [-0.3, -0.25) is 4.90 Å². The van der Waals surface area contributed by atoms with E-state index < -0.39 is 0 Å². The van der Waals surface area contributed by atoms with Gasteiger partial charge in [0.05, 0.1) is 25.8 Å². The number of aliphatic hydroxyl groups excluding tert-OH is 1. The lowest BCUT2D eigenvalue weighted by Gasteiger charge is -2.20. The molecule has 1 aromatic carbocycles. The molecule has 0 radical (unpaired) electrons. The Bertz CT molecular complexity index is 385. The summed E-state index contributed by atoms with van der Waals surface area (Å²) in [5.41, 5.74) is 1.04. The van der Waals surface area contributed by atoms with Gasteiger partial charge in [0.25, 0.3) is 0 Å². The molecule has 1 rings (SSSR count). The Kier molecular flexibility index (Phi) is 6.25. The second-order valence-electron chi connectivity index (χ2n) is 3.91. The van der Waals surface area contributed by atoms with Gasteiger partial charge in [-0.1, -0.05) is 18.5 Å². The van der Waals surface area contributed by atoms with Gasteiger partial charge in [0.1, 0.15) is 0 Å². The van der Waals surface area contributed by atoms with Gasteiger partial charge >= 0.3 is 0 Å². The molecule has 0 amide bonds. The molecule has 0 aromatic heterocycles. The summed E-state index contributed by atoms with van der Waals surface area (Å²) in [5.74, 6) is 1.17. The SMILES string of the molecule is CCN(CCO)Cc1cc(Cl)c(OC)c(OC)c1. The fourth-order valence-electron chi connectivity index (χ4n) is 1.81. The Balaban J connectivity index is 2.93. The van der Waals surface area contributed by atoms with Crippen LogP contribution in [0.2, 0.25) is 5.02 Å². The minimum atomic E-state index is 0.148. The van der Waals surface area contributed by atoms with E-state index in [1.165, 1.54) is 0 Å². The first kappa shape index (κ1) is 15.1. The van der Waals surface area contributed by atoms with Gasteiger partial charge in [-0.15, -0.1) is 0 Å². The van der Waals surface area contributed by atoms with Crippen molar-refractivity contribution >= 4 is 11.6 Å². The number of likely N-dealkylation sites (N-methyl/N-ethyl adjacent to an activating group) is 1. The molecule has 0 bridgehead atoms. The second kappa shape index (κ2) is 7.46. The third kappa shape index (κ3) is 3.77. The fraction of sp³-hybridized carbons (Fsp3) is 0.538. The fourth-order valence-corrected chi connectivity index (χ4v) is 2.12. The molecule has 1 N–H and O–H groups in total. The largest absolute Gasteiger partial charge is 0.493 e. The molecular formula is C13H20ClNO3. The summed E-state index contributed by atoms with van der Waals surface area (Å²) in [5, 5.41) is 9.51. The molecule has 0 spiro atoms. The van der Waals surface area contributed by atoms with Gasteiger partial charge < -0.3 is 14.6 Å². The van der Waals surface area contributed by atoms with Crippen LogP contribution in [0.3, 0.4) is 0 Å². The summed E-state index contributed by atoms with van der Waals surface area (Å²) >= 11 is 6.14. The second-order valence-corrected chi connectivity index (χ2v) is 4.31. The number of aliphatic hydroxyl groups is 1. The van der Waals surface area contributed by atoms with Crippen LogP contribution in [0, 0.1) is 0 Å². The van der Waals surface area contributed by atoms with Gasteiger partial charge in [0, 0.05) is 13.1 Å². The molecule has 0 aliphatic heterocycles. The topological polar surface area (TPSA) is 41.9 Å². The Hall–Kier alpha value is -0.970. The van der Waals surface area contributed by atoms with Crippen LogP contribution in [0.5, 0.6) is 11.5 Å². The maximum atomic E-state index is 8.97. The molecule has 1 aromatic rings. The molecule has 0 heterocycles. The van der Waals surface area contributed by atoms with Crippen molar-refractivity contribution in [2.24, 2.45) is 0 Å². The highest BCUT2D eigenvalue weighted by molar-refractivity contribution is 6.32. The Morgan fingerprint density at radius 3 is 2.50 bits per heavy atom. The quantitative estimate of drug-likeness (QED) is 0.827. The van der Waals surface area contributed by atoms with E-state index in [2.05, 4.69) is 11.8 Å². The van der Waals surface area contributed by atoms with E-state index in [1.807, 2.05) is 12.1 Å². The average molecular weight is 274 g/mol. The zero-order chi connectivity index (χ0) is 13.5. The molecule has 5 heteroatoms. The molecule has 0 fully saturated rings. The van der Waals surface area contributed by atoms with E-state index in [-0.39, 0.29) is 6.61 Å². The van der Waals surface area contributed by atoms with Gasteiger partial charge in [-0.25, -0.2) is 0 Å². The predicted octanol–water partition coefficient (Wildman–Crippen LogP) is 2.17. The van der Waals surface area contributed by atoms with Gasteiger partial charge in [-0.05, 0) is 24.2 Å². The molecule has 102 valence electrons. The highest BCUT2D eigenvalue weighted by Crippen LogP contribution is 2.36. The van der Waals surface area contributed by atoms with Crippen LogP contribution < -0.4 is 9.47 Å². The van der Waals surface area contributed by atoms with Crippen molar-refractivity contribution in [2.45, 2.75) is 13.5 Å². The minimum absolute atomic E-state index is 0.148. The van der Waals surface area contributed by atoms with Crippen molar-refractivity contribution in [3.05, 3.63) is 22.7 Å². The zero-order valence-electron chi connectivity index (χ0n) is 11.1. The number of nitrogens with zero attached hydrogens (tertiary/aromatic N) is 1. The van der Waals surface area contributed by atoms with E-state index in [4.69, 9.17) is 26.2 Å². The molecular weight excluding hydrogens is 254 g/mol. The third-order valence-electron chi connectivity index (χ3n) is 2.76. The zero-order valence-corrected chi connectivity index (χ0v) is 11.8. The first-order valence-electron chi connectivity index (χ1n) is 5.89. The lowest BCUT2D eigenvalue weighted by atomic mass is 10.2. The highest BCUT2D eigenvalue weighted by atomic mass is 35.5. The Labute approximate surface area is 113 Å². The number of benzene rings is 1. The summed E-state index contributed by atoms with van der Waals surface area (Å²) in [4.78, 5) is 2.12. The summed E-state index contributed by atoms with van der Waals surface area (Å²) in [6, 6.07) is 3.77. The van der Waals surface area contributed by atoms with Crippen LogP contribution >= 0.6 is 11.6 Å². The van der Waals surface area contributed by atoms with Crippen molar-refractivity contribution in [3.8, 4) is 11.5 Å². The lowest BCUT2D eigenvalue weighted by Crippen LogP contribution is -2.26. The van der Waals surface area contributed by atoms with E-state index in [9.17, 15) is 0 Å². The van der Waals surface area contributed by atoms with Crippen molar-refractivity contribution in [2.75, 3.05) is 33.9 Å². The molecule has 0 saturated carbocycles. The molecule has 18 heavy (non-hydrogen) atoms. The molecule has 0 atom stereocenters. The van der Waals surface area contributed by atoms with Gasteiger partial charge in [0.15, 0.2) is 11.5 Å². The van der Waals surface area contributed by atoms with E-state index in [0.717, 1.165) is 18.7 Å². The minimum Gasteiger partial charge on any atom is -0.493 e. The molecule has 0 unspecified atom stereocenters. The van der Waals surface area contributed by atoms with Crippen LogP contribution in [0.1, 0.15) is 12.5 Å². The summed E-state index contributed by atoms with van der Waals surface area (Å²) in [6.45, 7) is 4.43. The number of halogens is 1. The molecule has 0 aliphatic rings. The smallest absolute Gasteiger partial charge is 0.179 e. The van der Waals surface area contributed by atoms with Crippen LogP contribution in [0.4, 0.5) is 0 Å².